The molecule has 1 unspecified atom stereocenters. The summed E-state index contributed by atoms with van der Waals surface area (Å²) in [5.41, 5.74) is 0.539. The van der Waals surface area contributed by atoms with Crippen LogP contribution in [0.25, 0.3) is 0 Å². The molecule has 8 heteroatoms. The molecule has 1 fully saturated rings. The van der Waals surface area contributed by atoms with Crippen molar-refractivity contribution in [1.82, 2.24) is 15.2 Å². The summed E-state index contributed by atoms with van der Waals surface area (Å²) in [5.74, 6) is -0.185. The number of nitrogens with zero attached hydrogens (tertiary/aromatic N) is 2. The molecule has 0 radical (unpaired) electrons. The van der Waals surface area contributed by atoms with Gasteiger partial charge in [0.1, 0.15) is 0 Å². The molecule has 1 aromatic carbocycles. The van der Waals surface area contributed by atoms with E-state index < -0.39 is 11.7 Å². The molecule has 1 aromatic heterocycles. The number of carbonyl (C=O) groups is 1. The number of halogens is 4. The maximum atomic E-state index is 12.8. The van der Waals surface area contributed by atoms with Gasteiger partial charge in [0, 0.05) is 32.0 Å². The van der Waals surface area contributed by atoms with Gasteiger partial charge in [-0.3, -0.25) is 9.78 Å². The molecule has 26 heavy (non-hydrogen) atoms. The summed E-state index contributed by atoms with van der Waals surface area (Å²) in [5, 5.41) is 3.24. The van der Waals surface area contributed by atoms with Crippen LogP contribution in [0.1, 0.15) is 22.7 Å². The summed E-state index contributed by atoms with van der Waals surface area (Å²) < 4.78 is 38.5. The van der Waals surface area contributed by atoms with Crippen molar-refractivity contribution in [3.05, 3.63) is 65.5 Å². The van der Waals surface area contributed by atoms with Crippen LogP contribution in [-0.4, -0.2) is 35.4 Å². The molecule has 1 N–H and O–H groups in total. The van der Waals surface area contributed by atoms with E-state index in [2.05, 4.69) is 10.3 Å². The average Bonchev–Trinajstić information content (AvgIpc) is 2.62. The Kier molecular flexibility index (Phi) is 6.61. The number of piperazine rings is 1. The monoisotopic (exact) mass is 385 g/mol. The SMILES string of the molecule is Cl.O=C(Cc1cccc(C(F)(F)F)c1)N1CCNCC1c1cccnc1. The lowest BCUT2D eigenvalue weighted by Gasteiger charge is -2.36. The van der Waals surface area contributed by atoms with Crippen molar-refractivity contribution in [3.8, 4) is 0 Å². The Balaban J connectivity index is 0.00000243. The Morgan fingerprint density at radius 1 is 1.27 bits per heavy atom. The van der Waals surface area contributed by atoms with E-state index in [0.717, 1.165) is 17.7 Å². The fraction of sp³-hybridized carbons (Fsp3) is 0.333. The Morgan fingerprint density at radius 3 is 2.77 bits per heavy atom. The summed E-state index contributed by atoms with van der Waals surface area (Å²) in [6.45, 7) is 1.77. The number of amides is 1. The van der Waals surface area contributed by atoms with Gasteiger partial charge >= 0.3 is 6.18 Å². The quantitative estimate of drug-likeness (QED) is 0.882. The van der Waals surface area contributed by atoms with Gasteiger partial charge in [0.2, 0.25) is 5.91 Å². The van der Waals surface area contributed by atoms with Crippen LogP contribution in [0, 0.1) is 0 Å². The second-order valence-electron chi connectivity index (χ2n) is 5.97. The Hall–Kier alpha value is -2.12. The molecule has 0 spiro atoms. The molecule has 3 rings (SSSR count). The normalized spacial score (nSPS) is 17.5. The first-order valence-electron chi connectivity index (χ1n) is 8.01. The summed E-state index contributed by atoms with van der Waals surface area (Å²) >= 11 is 0. The zero-order valence-corrected chi connectivity index (χ0v) is 14.7. The lowest BCUT2D eigenvalue weighted by Crippen LogP contribution is -2.49. The van der Waals surface area contributed by atoms with Crippen molar-refractivity contribution in [2.75, 3.05) is 19.6 Å². The number of hydrogen-bond acceptors (Lipinski definition) is 3. The molecular formula is C18H19ClF3N3O. The highest BCUT2D eigenvalue weighted by molar-refractivity contribution is 5.85. The molecule has 1 amide bonds. The van der Waals surface area contributed by atoms with E-state index in [4.69, 9.17) is 0 Å². The number of rotatable bonds is 3. The zero-order valence-electron chi connectivity index (χ0n) is 13.9. The summed E-state index contributed by atoms with van der Waals surface area (Å²) in [4.78, 5) is 18.5. The van der Waals surface area contributed by atoms with Gasteiger partial charge in [-0.1, -0.05) is 24.3 Å². The van der Waals surface area contributed by atoms with Gasteiger partial charge in [0.05, 0.1) is 18.0 Å². The fourth-order valence-corrected chi connectivity index (χ4v) is 3.01. The van der Waals surface area contributed by atoms with E-state index in [1.165, 1.54) is 6.07 Å². The van der Waals surface area contributed by atoms with Crippen LogP contribution in [0.15, 0.2) is 48.8 Å². The fourth-order valence-electron chi connectivity index (χ4n) is 3.01. The zero-order chi connectivity index (χ0) is 17.9. The predicted octanol–water partition coefficient (Wildman–Crippen LogP) is 3.24. The third-order valence-electron chi connectivity index (χ3n) is 4.24. The molecule has 4 nitrogen and oxygen atoms in total. The van der Waals surface area contributed by atoms with Crippen LogP contribution < -0.4 is 5.32 Å². The third-order valence-corrected chi connectivity index (χ3v) is 4.24. The smallest absolute Gasteiger partial charge is 0.333 e. The number of nitrogens with one attached hydrogen (secondary N) is 1. The van der Waals surface area contributed by atoms with Crippen molar-refractivity contribution >= 4 is 18.3 Å². The van der Waals surface area contributed by atoms with Crippen LogP contribution in [0.3, 0.4) is 0 Å². The first-order chi connectivity index (χ1) is 11.9. The molecule has 1 aliphatic heterocycles. The van der Waals surface area contributed by atoms with Crippen molar-refractivity contribution in [1.29, 1.82) is 0 Å². The summed E-state index contributed by atoms with van der Waals surface area (Å²) in [6, 6.07) is 8.47. The largest absolute Gasteiger partial charge is 0.416 e. The second kappa shape index (κ2) is 8.51. The van der Waals surface area contributed by atoms with Gasteiger partial charge in [-0.15, -0.1) is 12.4 Å². The maximum Gasteiger partial charge on any atom is 0.416 e. The van der Waals surface area contributed by atoms with Crippen molar-refractivity contribution in [3.63, 3.8) is 0 Å². The van der Waals surface area contributed by atoms with Crippen molar-refractivity contribution in [2.45, 2.75) is 18.6 Å². The van der Waals surface area contributed by atoms with E-state index in [1.807, 2.05) is 6.07 Å². The lowest BCUT2D eigenvalue weighted by molar-refractivity contribution is -0.138. The van der Waals surface area contributed by atoms with Crippen LogP contribution in [-0.2, 0) is 17.4 Å². The number of hydrogen-bond donors (Lipinski definition) is 1. The van der Waals surface area contributed by atoms with Crippen LogP contribution in [0.4, 0.5) is 13.2 Å². The van der Waals surface area contributed by atoms with E-state index >= 15 is 0 Å². The van der Waals surface area contributed by atoms with Gasteiger partial charge < -0.3 is 10.2 Å². The third kappa shape index (κ3) is 4.74. The molecule has 0 saturated carbocycles. The van der Waals surface area contributed by atoms with Crippen molar-refractivity contribution < 1.29 is 18.0 Å². The first-order valence-corrected chi connectivity index (χ1v) is 8.01. The number of pyridine rings is 1. The van der Waals surface area contributed by atoms with Gasteiger partial charge in [0.15, 0.2) is 0 Å². The Morgan fingerprint density at radius 2 is 2.08 bits per heavy atom. The van der Waals surface area contributed by atoms with E-state index in [1.54, 1.807) is 29.4 Å². The molecule has 0 aliphatic carbocycles. The summed E-state index contributed by atoms with van der Waals surface area (Å²) in [6.07, 6.45) is -1.09. The van der Waals surface area contributed by atoms with Crippen LogP contribution >= 0.6 is 12.4 Å². The summed E-state index contributed by atoms with van der Waals surface area (Å²) in [7, 11) is 0. The van der Waals surface area contributed by atoms with Crippen LogP contribution in [0.5, 0.6) is 0 Å². The molecule has 140 valence electrons. The number of aromatic nitrogens is 1. The van der Waals surface area contributed by atoms with Crippen molar-refractivity contribution in [2.24, 2.45) is 0 Å². The minimum Gasteiger partial charge on any atom is -0.333 e. The topological polar surface area (TPSA) is 45.2 Å². The predicted molar refractivity (Wildman–Crippen MR) is 94.0 cm³/mol. The van der Waals surface area contributed by atoms with Gasteiger partial charge in [-0.05, 0) is 23.3 Å². The standard InChI is InChI=1S/C18H18F3N3O.ClH/c19-18(20,21)15-5-1-3-13(9-15)10-17(25)24-8-7-23-12-16(24)14-4-2-6-22-11-14;/h1-6,9,11,16,23H,7-8,10,12H2;1H. The van der Waals surface area contributed by atoms with Crippen LogP contribution in [0.2, 0.25) is 0 Å². The minimum absolute atomic E-state index is 0. The average molecular weight is 386 g/mol. The molecule has 1 saturated heterocycles. The van der Waals surface area contributed by atoms with Gasteiger partial charge in [-0.25, -0.2) is 0 Å². The minimum atomic E-state index is -4.41. The number of alkyl halides is 3. The molecule has 2 aromatic rings. The Labute approximate surface area is 155 Å². The molecule has 0 bridgehead atoms. The lowest BCUT2D eigenvalue weighted by atomic mass is 10.0. The number of benzene rings is 1. The van der Waals surface area contributed by atoms with E-state index in [9.17, 15) is 18.0 Å². The highest BCUT2D eigenvalue weighted by Gasteiger charge is 2.31. The maximum absolute atomic E-state index is 12.8. The van der Waals surface area contributed by atoms with E-state index in [-0.39, 0.29) is 30.8 Å². The molecule has 2 heterocycles. The van der Waals surface area contributed by atoms with E-state index in [0.29, 0.717) is 25.2 Å². The molecule has 1 aliphatic rings. The highest BCUT2D eigenvalue weighted by Crippen LogP contribution is 2.30. The highest BCUT2D eigenvalue weighted by atomic mass is 35.5. The van der Waals surface area contributed by atoms with Gasteiger partial charge in [0.25, 0.3) is 0 Å². The van der Waals surface area contributed by atoms with Gasteiger partial charge in [-0.2, -0.15) is 13.2 Å². The Bertz CT molecular complexity index is 740. The molecular weight excluding hydrogens is 367 g/mol. The second-order valence-corrected chi connectivity index (χ2v) is 5.97. The number of carbonyl (C=O) groups excluding carboxylic acids is 1. The molecule has 1 atom stereocenters. The first kappa shape index (κ1) is 20.2.